The number of hydrogen-bond donors (Lipinski definition) is 0. The molecule has 6 heteroatoms. The van der Waals surface area contributed by atoms with Crippen LogP contribution in [0.25, 0.3) is 0 Å². The van der Waals surface area contributed by atoms with E-state index >= 15 is 0 Å². The minimum absolute atomic E-state index is 0.257. The molecule has 0 atom stereocenters. The summed E-state index contributed by atoms with van der Waals surface area (Å²) in [6.45, 7) is 0. The van der Waals surface area contributed by atoms with E-state index in [1.807, 2.05) is 0 Å². The Kier molecular flexibility index (Phi) is 1.65. The summed E-state index contributed by atoms with van der Waals surface area (Å²) in [7, 11) is 0. The first-order valence-corrected chi connectivity index (χ1v) is 2.79. The Balaban J connectivity index is 2.85. The lowest BCUT2D eigenvalue weighted by Gasteiger charge is -1.83. The van der Waals surface area contributed by atoms with Gasteiger partial charge in [0.25, 0.3) is 11.7 Å². The molecule has 0 radical (unpaired) electrons. The van der Waals surface area contributed by atoms with Crippen LogP contribution in [-0.4, -0.2) is 10.2 Å². The van der Waals surface area contributed by atoms with E-state index in [9.17, 15) is 13.2 Å². The number of rotatable bonds is 1. The molecule has 0 aromatic carbocycles. The number of halogens is 3. The second-order valence-electron chi connectivity index (χ2n) is 1.19. The summed E-state index contributed by atoms with van der Waals surface area (Å²) in [5.74, 6) is 0. The smallest absolute Gasteiger partial charge is 0.202 e. The molecule has 0 aliphatic rings. The van der Waals surface area contributed by atoms with Gasteiger partial charge in [-0.3, -0.25) is 0 Å². The van der Waals surface area contributed by atoms with E-state index in [1.165, 1.54) is 0 Å². The molecule has 0 N–H and O–H groups in total. The van der Waals surface area contributed by atoms with E-state index in [1.54, 1.807) is 0 Å². The lowest BCUT2D eigenvalue weighted by atomic mass is 10.8. The van der Waals surface area contributed by atoms with Crippen LogP contribution in [0.2, 0.25) is 0 Å². The molecule has 50 valence electrons. The van der Waals surface area contributed by atoms with Crippen LogP contribution in [0.3, 0.4) is 0 Å². The predicted molar refractivity (Wildman–Crippen MR) is 24.8 cm³/mol. The largest absolute Gasteiger partial charge is 0.291 e. The summed E-state index contributed by atoms with van der Waals surface area (Å²) in [5.41, 5.74) is 0. The molecule has 1 heterocycles. The topological polar surface area (TPSA) is 25.8 Å². The van der Waals surface area contributed by atoms with Crippen molar-refractivity contribution in [1.82, 2.24) is 10.2 Å². The average molecular weight is 154 g/mol. The lowest BCUT2D eigenvalue weighted by molar-refractivity contribution is 0.150. The molecule has 1 aromatic rings. The quantitative estimate of drug-likeness (QED) is 0.614. The molecular weight excluding hydrogens is 153 g/mol. The molecule has 2 nitrogen and oxygen atoms in total. The van der Waals surface area contributed by atoms with Crippen LogP contribution in [0.1, 0.15) is 11.4 Å². The molecule has 0 bridgehead atoms. The molecule has 0 unspecified atom stereocenters. The minimum Gasteiger partial charge on any atom is -0.202 e. The van der Waals surface area contributed by atoms with E-state index in [2.05, 4.69) is 10.2 Å². The van der Waals surface area contributed by atoms with Crippen LogP contribution >= 0.6 is 11.3 Å². The highest BCUT2D eigenvalue weighted by atomic mass is 32.1. The predicted octanol–water partition coefficient (Wildman–Crippen LogP) is 1.61. The number of aromatic nitrogens is 2. The first-order chi connectivity index (χ1) is 4.20. The molecule has 0 saturated heterocycles. The number of hydrogen-bond acceptors (Lipinski definition) is 3. The second kappa shape index (κ2) is 2.30. The van der Waals surface area contributed by atoms with Gasteiger partial charge in [-0.1, -0.05) is 11.3 Å². The van der Waals surface area contributed by atoms with Crippen molar-refractivity contribution in [2.75, 3.05) is 0 Å². The summed E-state index contributed by atoms with van der Waals surface area (Å²) in [4.78, 5) is 0. The number of nitrogens with zero attached hydrogens (tertiary/aromatic N) is 2. The highest BCUT2D eigenvalue weighted by Gasteiger charge is 2.12. The SMILES string of the molecule is Fc1nnc(C(F)F)s1. The Labute approximate surface area is 52.3 Å². The highest BCUT2D eigenvalue weighted by Crippen LogP contribution is 2.20. The van der Waals surface area contributed by atoms with Gasteiger partial charge in [0, 0.05) is 0 Å². The summed E-state index contributed by atoms with van der Waals surface area (Å²) < 4.78 is 34.8. The zero-order chi connectivity index (χ0) is 6.85. The monoisotopic (exact) mass is 154 g/mol. The molecular formula is C3HF3N2S. The fraction of sp³-hybridized carbons (Fsp3) is 0.333. The maximum atomic E-state index is 11.8. The molecule has 0 aliphatic carbocycles. The fourth-order valence-corrected chi connectivity index (χ4v) is 0.729. The maximum absolute atomic E-state index is 11.8. The summed E-state index contributed by atoms with van der Waals surface area (Å²) in [6, 6.07) is 0. The maximum Gasteiger partial charge on any atom is 0.291 e. The van der Waals surface area contributed by atoms with E-state index < -0.39 is 16.7 Å². The van der Waals surface area contributed by atoms with Gasteiger partial charge in [0.1, 0.15) is 0 Å². The first-order valence-electron chi connectivity index (χ1n) is 1.97. The van der Waals surface area contributed by atoms with Gasteiger partial charge in [-0.05, 0) is 0 Å². The lowest BCUT2D eigenvalue weighted by Crippen LogP contribution is -1.80. The van der Waals surface area contributed by atoms with Gasteiger partial charge in [0.05, 0.1) is 0 Å². The molecule has 0 amide bonds. The first kappa shape index (κ1) is 6.47. The Morgan fingerprint density at radius 1 is 1.33 bits per heavy atom. The zero-order valence-corrected chi connectivity index (χ0v) is 4.83. The van der Waals surface area contributed by atoms with Gasteiger partial charge in [-0.2, -0.15) is 4.39 Å². The van der Waals surface area contributed by atoms with E-state index in [-0.39, 0.29) is 11.3 Å². The summed E-state index contributed by atoms with van der Waals surface area (Å²) >= 11 is 0.257. The van der Waals surface area contributed by atoms with E-state index in [4.69, 9.17) is 0 Å². The highest BCUT2D eigenvalue weighted by molar-refractivity contribution is 7.09. The van der Waals surface area contributed by atoms with Crippen LogP contribution in [0.15, 0.2) is 0 Å². The fourth-order valence-electron chi connectivity index (χ4n) is 0.304. The van der Waals surface area contributed by atoms with Crippen LogP contribution in [0, 0.1) is 5.26 Å². The Hall–Kier alpha value is -0.650. The van der Waals surface area contributed by atoms with Crippen molar-refractivity contribution in [3.05, 3.63) is 10.3 Å². The molecule has 0 spiro atoms. The Bertz CT molecular complexity index is 199. The van der Waals surface area contributed by atoms with Crippen LogP contribution in [0.4, 0.5) is 13.2 Å². The average Bonchev–Trinajstić information content (AvgIpc) is 2.14. The minimum atomic E-state index is -2.72. The van der Waals surface area contributed by atoms with Crippen molar-refractivity contribution < 1.29 is 13.2 Å². The van der Waals surface area contributed by atoms with Crippen LogP contribution in [0.5, 0.6) is 0 Å². The van der Waals surface area contributed by atoms with Gasteiger partial charge in [-0.15, -0.1) is 10.2 Å². The molecule has 1 rings (SSSR count). The molecule has 9 heavy (non-hydrogen) atoms. The van der Waals surface area contributed by atoms with Gasteiger partial charge >= 0.3 is 0 Å². The van der Waals surface area contributed by atoms with Gasteiger partial charge < -0.3 is 0 Å². The van der Waals surface area contributed by atoms with Crippen LogP contribution < -0.4 is 0 Å². The third-order valence-corrected chi connectivity index (χ3v) is 1.32. The molecule has 0 fully saturated rings. The van der Waals surface area contributed by atoms with Crippen molar-refractivity contribution >= 4 is 11.3 Å². The standard InChI is InChI=1S/C3HF3N2S/c4-1(5)2-7-8-3(6)9-2/h1H. The van der Waals surface area contributed by atoms with E-state index in [0.29, 0.717) is 0 Å². The Morgan fingerprint density at radius 3 is 2.22 bits per heavy atom. The van der Waals surface area contributed by atoms with Crippen molar-refractivity contribution in [1.29, 1.82) is 0 Å². The Morgan fingerprint density at radius 2 is 2.00 bits per heavy atom. The van der Waals surface area contributed by atoms with Gasteiger partial charge in [-0.25, -0.2) is 8.78 Å². The number of alkyl halides is 2. The van der Waals surface area contributed by atoms with Crippen molar-refractivity contribution in [3.8, 4) is 0 Å². The van der Waals surface area contributed by atoms with Crippen molar-refractivity contribution in [2.45, 2.75) is 6.43 Å². The second-order valence-corrected chi connectivity index (χ2v) is 2.15. The van der Waals surface area contributed by atoms with Crippen molar-refractivity contribution in [3.63, 3.8) is 0 Å². The van der Waals surface area contributed by atoms with Crippen molar-refractivity contribution in [2.24, 2.45) is 0 Å². The summed E-state index contributed by atoms with van der Waals surface area (Å²) in [6.07, 6.45) is -2.72. The normalized spacial score (nSPS) is 10.7. The molecule has 0 aliphatic heterocycles. The molecule has 1 aromatic heterocycles. The van der Waals surface area contributed by atoms with Crippen LogP contribution in [-0.2, 0) is 0 Å². The van der Waals surface area contributed by atoms with E-state index in [0.717, 1.165) is 0 Å². The van der Waals surface area contributed by atoms with Gasteiger partial charge in [0.15, 0.2) is 5.01 Å². The third-order valence-electron chi connectivity index (χ3n) is 0.603. The van der Waals surface area contributed by atoms with Gasteiger partial charge in [0.2, 0.25) is 0 Å². The summed E-state index contributed by atoms with van der Waals surface area (Å²) in [5, 5.41) is 4.12. The molecule has 0 saturated carbocycles. The zero-order valence-electron chi connectivity index (χ0n) is 4.01. The third kappa shape index (κ3) is 1.38.